The van der Waals surface area contributed by atoms with E-state index in [1.807, 2.05) is 18.2 Å². The first-order valence-corrected chi connectivity index (χ1v) is 8.97. The van der Waals surface area contributed by atoms with E-state index in [1.54, 1.807) is 0 Å². The van der Waals surface area contributed by atoms with E-state index >= 15 is 0 Å². The number of nitrogens with zero attached hydrogens (tertiary/aromatic N) is 2. The molecule has 0 aromatic heterocycles. The Balaban J connectivity index is 1.83. The van der Waals surface area contributed by atoms with Crippen molar-refractivity contribution < 1.29 is 4.79 Å². The smallest absolute Gasteiger partial charge is 0.221 e. The SMILES string of the molecule is CCCNC(=O)CC(C)N1CCN(c2ccc(Cl)c(Cl)c2)CC1. The molecule has 1 aromatic carbocycles. The fraction of sp³-hybridized carbons (Fsp3) is 0.588. The summed E-state index contributed by atoms with van der Waals surface area (Å²) in [4.78, 5) is 16.5. The van der Waals surface area contributed by atoms with Crippen LogP contribution in [0.5, 0.6) is 0 Å². The first-order valence-electron chi connectivity index (χ1n) is 8.22. The number of nitrogens with one attached hydrogen (secondary N) is 1. The minimum atomic E-state index is 0.145. The third-order valence-corrected chi connectivity index (χ3v) is 5.00. The number of hydrogen-bond donors (Lipinski definition) is 1. The van der Waals surface area contributed by atoms with Gasteiger partial charge in [0.2, 0.25) is 5.91 Å². The predicted octanol–water partition coefficient (Wildman–Crippen LogP) is 3.42. The molecule has 0 radical (unpaired) electrons. The molecular weight excluding hydrogens is 333 g/mol. The Morgan fingerprint density at radius 3 is 2.52 bits per heavy atom. The normalized spacial score (nSPS) is 17.1. The van der Waals surface area contributed by atoms with Gasteiger partial charge in [-0.05, 0) is 31.5 Å². The number of rotatable bonds is 6. The van der Waals surface area contributed by atoms with Crippen molar-refractivity contribution >= 4 is 34.8 Å². The first-order chi connectivity index (χ1) is 11.0. The Kier molecular flexibility index (Phi) is 7.00. The van der Waals surface area contributed by atoms with Gasteiger partial charge in [0.05, 0.1) is 10.0 Å². The van der Waals surface area contributed by atoms with E-state index in [0.717, 1.165) is 44.8 Å². The van der Waals surface area contributed by atoms with E-state index in [9.17, 15) is 4.79 Å². The predicted molar refractivity (Wildman–Crippen MR) is 97.6 cm³/mol. The first kappa shape index (κ1) is 18.4. The summed E-state index contributed by atoms with van der Waals surface area (Å²) in [5.41, 5.74) is 1.10. The molecule has 2 rings (SSSR count). The van der Waals surface area contributed by atoms with Crippen LogP contribution in [-0.4, -0.2) is 49.6 Å². The Hall–Kier alpha value is -0.970. The molecule has 1 aromatic rings. The van der Waals surface area contributed by atoms with Gasteiger partial charge >= 0.3 is 0 Å². The maximum absolute atomic E-state index is 11.8. The van der Waals surface area contributed by atoms with Crippen LogP contribution in [0.3, 0.4) is 0 Å². The second kappa shape index (κ2) is 8.76. The number of anilines is 1. The van der Waals surface area contributed by atoms with E-state index in [-0.39, 0.29) is 11.9 Å². The maximum atomic E-state index is 11.8. The van der Waals surface area contributed by atoms with Crippen LogP contribution in [0, 0.1) is 0 Å². The zero-order chi connectivity index (χ0) is 16.8. The quantitative estimate of drug-likeness (QED) is 0.847. The lowest BCUT2D eigenvalue weighted by molar-refractivity contribution is -0.122. The van der Waals surface area contributed by atoms with Crippen LogP contribution in [0.2, 0.25) is 10.0 Å². The van der Waals surface area contributed by atoms with Gasteiger partial charge in [-0.3, -0.25) is 9.69 Å². The molecule has 1 aliphatic heterocycles. The molecule has 1 amide bonds. The van der Waals surface area contributed by atoms with Crippen molar-refractivity contribution in [2.45, 2.75) is 32.7 Å². The molecule has 4 nitrogen and oxygen atoms in total. The lowest BCUT2D eigenvalue weighted by atomic mass is 10.1. The number of hydrogen-bond acceptors (Lipinski definition) is 3. The Morgan fingerprint density at radius 1 is 1.22 bits per heavy atom. The van der Waals surface area contributed by atoms with Crippen LogP contribution in [0.4, 0.5) is 5.69 Å². The molecule has 1 saturated heterocycles. The molecule has 1 unspecified atom stereocenters. The summed E-state index contributed by atoms with van der Waals surface area (Å²) in [6.45, 7) is 8.70. The highest BCUT2D eigenvalue weighted by Crippen LogP contribution is 2.28. The molecule has 0 saturated carbocycles. The van der Waals surface area contributed by atoms with Crippen LogP contribution in [0.25, 0.3) is 0 Å². The van der Waals surface area contributed by atoms with Gasteiger partial charge in [-0.25, -0.2) is 0 Å². The van der Waals surface area contributed by atoms with Gasteiger partial charge in [0, 0.05) is 50.9 Å². The average molecular weight is 358 g/mol. The van der Waals surface area contributed by atoms with E-state index in [1.165, 1.54) is 0 Å². The number of piperazine rings is 1. The summed E-state index contributed by atoms with van der Waals surface area (Å²) in [5.74, 6) is 0.145. The molecule has 23 heavy (non-hydrogen) atoms. The van der Waals surface area contributed by atoms with Gasteiger partial charge in [-0.1, -0.05) is 30.1 Å². The van der Waals surface area contributed by atoms with Crippen LogP contribution >= 0.6 is 23.2 Å². The third-order valence-electron chi connectivity index (χ3n) is 4.26. The molecule has 1 aliphatic rings. The second-order valence-corrected chi connectivity index (χ2v) is 6.84. The molecule has 1 fully saturated rings. The largest absolute Gasteiger partial charge is 0.369 e. The molecule has 6 heteroatoms. The topological polar surface area (TPSA) is 35.6 Å². The number of amides is 1. The molecule has 1 atom stereocenters. The third kappa shape index (κ3) is 5.27. The number of benzene rings is 1. The molecule has 0 spiro atoms. The van der Waals surface area contributed by atoms with Crippen LogP contribution < -0.4 is 10.2 Å². The van der Waals surface area contributed by atoms with Crippen LogP contribution in [0.1, 0.15) is 26.7 Å². The van der Waals surface area contributed by atoms with Crippen molar-refractivity contribution in [2.75, 3.05) is 37.6 Å². The van der Waals surface area contributed by atoms with Crippen molar-refractivity contribution in [2.24, 2.45) is 0 Å². The summed E-state index contributed by atoms with van der Waals surface area (Å²) in [7, 11) is 0. The minimum absolute atomic E-state index is 0.145. The van der Waals surface area contributed by atoms with E-state index in [4.69, 9.17) is 23.2 Å². The van der Waals surface area contributed by atoms with Crippen molar-refractivity contribution in [3.8, 4) is 0 Å². The van der Waals surface area contributed by atoms with Gasteiger partial charge in [-0.2, -0.15) is 0 Å². The highest BCUT2D eigenvalue weighted by molar-refractivity contribution is 6.42. The molecular formula is C17H25Cl2N3O. The van der Waals surface area contributed by atoms with Gasteiger partial charge in [0.25, 0.3) is 0 Å². The fourth-order valence-corrected chi connectivity index (χ4v) is 3.13. The van der Waals surface area contributed by atoms with Crippen molar-refractivity contribution in [3.05, 3.63) is 28.2 Å². The van der Waals surface area contributed by atoms with Gasteiger partial charge < -0.3 is 10.2 Å². The monoisotopic (exact) mass is 357 g/mol. The zero-order valence-corrected chi connectivity index (χ0v) is 15.3. The standard InChI is InChI=1S/C17H25Cl2N3O/c1-3-6-20-17(23)11-13(2)21-7-9-22(10-8-21)14-4-5-15(18)16(19)12-14/h4-5,12-13H,3,6-11H2,1-2H3,(H,20,23). The summed E-state index contributed by atoms with van der Waals surface area (Å²) in [6.07, 6.45) is 1.54. The highest BCUT2D eigenvalue weighted by atomic mass is 35.5. The van der Waals surface area contributed by atoms with E-state index in [0.29, 0.717) is 16.5 Å². The zero-order valence-electron chi connectivity index (χ0n) is 13.8. The number of carbonyl (C=O) groups excluding carboxylic acids is 1. The molecule has 128 valence electrons. The average Bonchev–Trinajstić information content (AvgIpc) is 2.55. The summed E-state index contributed by atoms with van der Waals surface area (Å²) < 4.78 is 0. The molecule has 0 aliphatic carbocycles. The Bertz CT molecular complexity index is 531. The maximum Gasteiger partial charge on any atom is 0.221 e. The minimum Gasteiger partial charge on any atom is -0.369 e. The van der Waals surface area contributed by atoms with Crippen LogP contribution in [-0.2, 0) is 4.79 Å². The fourth-order valence-electron chi connectivity index (χ4n) is 2.84. The summed E-state index contributed by atoms with van der Waals surface area (Å²) in [5, 5.41) is 4.12. The van der Waals surface area contributed by atoms with Crippen molar-refractivity contribution in [1.82, 2.24) is 10.2 Å². The van der Waals surface area contributed by atoms with E-state index in [2.05, 4.69) is 29.0 Å². The lowest BCUT2D eigenvalue weighted by Crippen LogP contribution is -2.50. The van der Waals surface area contributed by atoms with Gasteiger partial charge in [0.15, 0.2) is 0 Å². The number of carbonyl (C=O) groups is 1. The second-order valence-electron chi connectivity index (χ2n) is 6.02. The molecule has 1 N–H and O–H groups in total. The number of halogens is 2. The van der Waals surface area contributed by atoms with Crippen LogP contribution in [0.15, 0.2) is 18.2 Å². The Morgan fingerprint density at radius 2 is 1.91 bits per heavy atom. The van der Waals surface area contributed by atoms with Crippen molar-refractivity contribution in [3.63, 3.8) is 0 Å². The highest BCUT2D eigenvalue weighted by Gasteiger charge is 2.23. The van der Waals surface area contributed by atoms with Crippen molar-refractivity contribution in [1.29, 1.82) is 0 Å². The summed E-state index contributed by atoms with van der Waals surface area (Å²) >= 11 is 12.1. The van der Waals surface area contributed by atoms with Gasteiger partial charge in [-0.15, -0.1) is 0 Å². The Labute approximate surface area is 148 Å². The van der Waals surface area contributed by atoms with Gasteiger partial charge in [0.1, 0.15) is 0 Å². The lowest BCUT2D eigenvalue weighted by Gasteiger charge is -2.39. The molecule has 0 bridgehead atoms. The van der Waals surface area contributed by atoms with E-state index < -0.39 is 0 Å². The molecule has 1 heterocycles. The summed E-state index contributed by atoms with van der Waals surface area (Å²) in [6, 6.07) is 6.03.